The zero-order valence-electron chi connectivity index (χ0n) is 23.6. The molecule has 0 radical (unpaired) electrons. The Morgan fingerprint density at radius 1 is 0.725 bits per heavy atom. The van der Waals surface area contributed by atoms with Crippen LogP contribution in [0.5, 0.6) is 0 Å². The highest BCUT2D eigenvalue weighted by Gasteiger charge is 2.23. The molecule has 0 saturated heterocycles. The van der Waals surface area contributed by atoms with Gasteiger partial charge >= 0.3 is 0 Å². The van der Waals surface area contributed by atoms with Crippen molar-refractivity contribution in [3.05, 3.63) is 124 Å². The monoisotopic (exact) mass is 594 g/mol. The fourth-order valence-corrected chi connectivity index (χ4v) is 5.85. The van der Waals surface area contributed by atoms with Crippen molar-refractivity contribution >= 4 is 34.1 Å². The standard InChI is InChI=1S/C33H35S2.ClHO4/c1-32(2,3)26-20-28(34-30(22-26)24-14-9-7-10-15-24)18-13-19-29-21-27(33(4,5)6)23-31(35-29)25-16-11-8-12-17-25;2-1(3,4)5/h7-23H,1-6H3;(H,2,3,4,5)/q+1;/p-1. The third kappa shape index (κ3) is 10.5. The maximum atomic E-state index is 8.49. The molecule has 1 aliphatic rings. The molecule has 4 rings (SSSR count). The van der Waals surface area contributed by atoms with Gasteiger partial charge in [0.05, 0.1) is 0 Å². The number of rotatable bonds is 4. The summed E-state index contributed by atoms with van der Waals surface area (Å²) in [6, 6.07) is 26.1. The van der Waals surface area contributed by atoms with E-state index in [1.54, 1.807) is 0 Å². The molecule has 1 aliphatic heterocycles. The molecule has 0 spiro atoms. The molecule has 0 aliphatic carbocycles. The normalized spacial score (nSPS) is 15.4. The molecule has 2 aromatic carbocycles. The first-order valence-corrected chi connectivity index (χ1v) is 15.7. The molecule has 7 heteroatoms. The van der Waals surface area contributed by atoms with Gasteiger partial charge in [0, 0.05) is 33.6 Å². The molecule has 210 valence electrons. The van der Waals surface area contributed by atoms with Crippen molar-refractivity contribution in [2.24, 2.45) is 5.41 Å². The van der Waals surface area contributed by atoms with Crippen LogP contribution in [0.15, 0.2) is 108 Å². The average molecular weight is 595 g/mol. The lowest BCUT2D eigenvalue weighted by Gasteiger charge is -2.25. The summed E-state index contributed by atoms with van der Waals surface area (Å²) >= 11 is 3.69. The Balaban J connectivity index is 0.000000810. The van der Waals surface area contributed by atoms with Gasteiger partial charge in [-0.15, -0.1) is 10.2 Å². The highest BCUT2D eigenvalue weighted by atomic mass is 35.7. The van der Waals surface area contributed by atoms with Crippen LogP contribution in [0.2, 0.25) is 0 Å². The van der Waals surface area contributed by atoms with E-state index in [2.05, 4.69) is 145 Å². The topological polar surface area (TPSA) is 92.2 Å². The second-order valence-corrected chi connectivity index (χ2v) is 14.3. The molecule has 3 aromatic rings. The van der Waals surface area contributed by atoms with Crippen LogP contribution in [0, 0.1) is 15.7 Å². The number of benzene rings is 2. The molecular weight excluding hydrogens is 560 g/mol. The van der Waals surface area contributed by atoms with Crippen LogP contribution >= 0.6 is 23.1 Å². The minimum atomic E-state index is -4.94. The highest BCUT2D eigenvalue weighted by Crippen LogP contribution is 2.43. The molecular formula is C33H35ClO4S2. The van der Waals surface area contributed by atoms with Crippen LogP contribution in [0.1, 0.15) is 57.5 Å². The second-order valence-electron chi connectivity index (χ2n) is 11.4. The van der Waals surface area contributed by atoms with E-state index in [9.17, 15) is 0 Å². The first-order chi connectivity index (χ1) is 18.6. The Morgan fingerprint density at radius 3 is 1.80 bits per heavy atom. The first kappa shape index (κ1) is 32.0. The molecule has 0 N–H and O–H groups in total. The smallest absolute Gasteiger partial charge is 0.222 e. The molecule has 1 aromatic heterocycles. The largest absolute Gasteiger partial charge is 0.238 e. The predicted molar refractivity (Wildman–Crippen MR) is 160 cm³/mol. The van der Waals surface area contributed by atoms with Gasteiger partial charge in [-0.1, -0.05) is 108 Å². The molecule has 0 unspecified atom stereocenters. The quantitative estimate of drug-likeness (QED) is 0.351. The maximum absolute atomic E-state index is 8.49. The van der Waals surface area contributed by atoms with Crippen molar-refractivity contribution in [2.75, 3.05) is 0 Å². The lowest BCUT2D eigenvalue weighted by atomic mass is 9.85. The van der Waals surface area contributed by atoms with Crippen LogP contribution in [0.4, 0.5) is 0 Å². The Labute approximate surface area is 248 Å². The van der Waals surface area contributed by atoms with Crippen molar-refractivity contribution in [1.82, 2.24) is 0 Å². The van der Waals surface area contributed by atoms with E-state index in [1.807, 2.05) is 23.1 Å². The van der Waals surface area contributed by atoms with Crippen LogP contribution in [0.3, 0.4) is 0 Å². The van der Waals surface area contributed by atoms with Crippen LogP contribution < -0.4 is 18.6 Å². The summed E-state index contributed by atoms with van der Waals surface area (Å²) in [4.78, 5) is 5.16. The van der Waals surface area contributed by atoms with Crippen molar-refractivity contribution in [2.45, 2.75) is 47.0 Å². The summed E-state index contributed by atoms with van der Waals surface area (Å²) in [5.41, 5.74) is 5.46. The Kier molecular flexibility index (Phi) is 10.7. The maximum Gasteiger partial charge on any atom is 0.238 e. The fraction of sp³-hybridized carbons (Fsp3) is 0.242. The number of allylic oxidation sites excluding steroid dienone is 5. The summed E-state index contributed by atoms with van der Waals surface area (Å²) in [6.07, 6.45) is 11.4. The second kappa shape index (κ2) is 13.4. The summed E-state index contributed by atoms with van der Waals surface area (Å²) in [5.74, 6) is 0. The number of hydrogen-bond acceptors (Lipinski definition) is 5. The van der Waals surface area contributed by atoms with E-state index < -0.39 is 10.2 Å². The third-order valence-corrected chi connectivity index (χ3v) is 8.12. The van der Waals surface area contributed by atoms with Crippen LogP contribution in [-0.4, -0.2) is 0 Å². The van der Waals surface area contributed by atoms with Gasteiger partial charge in [-0.25, -0.2) is 18.6 Å². The van der Waals surface area contributed by atoms with Gasteiger partial charge in [-0.3, -0.25) is 0 Å². The molecule has 0 bridgehead atoms. The molecule has 2 heterocycles. The third-order valence-electron chi connectivity index (χ3n) is 5.99. The molecule has 40 heavy (non-hydrogen) atoms. The lowest BCUT2D eigenvalue weighted by molar-refractivity contribution is -2.00. The van der Waals surface area contributed by atoms with E-state index in [4.69, 9.17) is 18.6 Å². The predicted octanol–water partition coefficient (Wildman–Crippen LogP) is 5.90. The van der Waals surface area contributed by atoms with E-state index in [0.29, 0.717) is 0 Å². The molecule has 4 nitrogen and oxygen atoms in total. The Morgan fingerprint density at radius 2 is 1.27 bits per heavy atom. The van der Waals surface area contributed by atoms with Gasteiger partial charge in [0.15, 0.2) is 0 Å². The van der Waals surface area contributed by atoms with Crippen molar-refractivity contribution in [1.29, 1.82) is 0 Å². The first-order valence-electron chi connectivity index (χ1n) is 12.8. The van der Waals surface area contributed by atoms with Crippen molar-refractivity contribution in [3.63, 3.8) is 0 Å². The van der Waals surface area contributed by atoms with Gasteiger partial charge < -0.3 is 0 Å². The van der Waals surface area contributed by atoms with E-state index >= 15 is 0 Å². The fourth-order valence-electron chi connectivity index (χ4n) is 3.80. The molecule has 0 fully saturated rings. The zero-order chi connectivity index (χ0) is 29.6. The minimum absolute atomic E-state index is 0.0948. The number of halogens is 1. The van der Waals surface area contributed by atoms with Gasteiger partial charge in [-0.05, 0) is 57.9 Å². The summed E-state index contributed by atoms with van der Waals surface area (Å²) < 4.78 is 34.0. The number of thioether (sulfide) groups is 1. The SMILES string of the molecule is CC(C)(C)C1=C/C(=C\C=C\c2cc(C(C)(C)C)cc(-c3ccccc3)[s+]2)SC(c2ccccc2)=C1.[O-][Cl+3]([O-])([O-])[O-]. The summed E-state index contributed by atoms with van der Waals surface area (Å²) in [7, 11) is -4.94. The molecule has 0 saturated carbocycles. The van der Waals surface area contributed by atoms with Gasteiger partial charge in [0.2, 0.25) is 21.1 Å². The molecule has 0 amide bonds. The van der Waals surface area contributed by atoms with Crippen molar-refractivity contribution in [3.8, 4) is 10.4 Å². The Hall–Kier alpha value is -2.55. The van der Waals surface area contributed by atoms with Gasteiger partial charge in [0.25, 0.3) is 0 Å². The molecule has 0 atom stereocenters. The lowest BCUT2D eigenvalue weighted by Crippen LogP contribution is -2.68. The van der Waals surface area contributed by atoms with Gasteiger partial charge in [0.1, 0.15) is 0 Å². The van der Waals surface area contributed by atoms with Crippen LogP contribution in [0.25, 0.3) is 21.4 Å². The van der Waals surface area contributed by atoms with E-state index in [-0.39, 0.29) is 10.8 Å². The van der Waals surface area contributed by atoms with E-state index in [1.165, 1.54) is 41.8 Å². The number of hydrogen-bond donors (Lipinski definition) is 0. The minimum Gasteiger partial charge on any atom is -0.222 e. The summed E-state index contributed by atoms with van der Waals surface area (Å²) in [5, 5.41) is 0. The van der Waals surface area contributed by atoms with Gasteiger partial charge in [-0.2, -0.15) is 0 Å². The average Bonchev–Trinajstić information content (AvgIpc) is 2.87. The van der Waals surface area contributed by atoms with Crippen LogP contribution in [-0.2, 0) is 5.41 Å². The zero-order valence-corrected chi connectivity index (χ0v) is 26.0. The highest BCUT2D eigenvalue weighted by molar-refractivity contribution is 8.12. The Bertz CT molecular complexity index is 1400. The van der Waals surface area contributed by atoms with E-state index in [0.717, 1.165) is 0 Å². The van der Waals surface area contributed by atoms with Crippen molar-refractivity contribution < 1.29 is 28.9 Å². The summed E-state index contributed by atoms with van der Waals surface area (Å²) in [6.45, 7) is 13.7.